The lowest BCUT2D eigenvalue weighted by atomic mass is 9.95. The first-order valence-corrected chi connectivity index (χ1v) is 13.2. The van der Waals surface area contributed by atoms with Crippen LogP contribution in [-0.4, -0.2) is 89.2 Å². The molecule has 1 aliphatic carbocycles. The molecule has 1 fully saturated rings. The maximum Gasteiger partial charge on any atom is 0.175 e. The van der Waals surface area contributed by atoms with Gasteiger partial charge in [-0.25, -0.2) is 9.51 Å². The molecule has 0 saturated carbocycles. The van der Waals surface area contributed by atoms with Crippen molar-refractivity contribution in [3.05, 3.63) is 53.0 Å². The van der Waals surface area contributed by atoms with Crippen LogP contribution >= 0.6 is 0 Å². The Labute approximate surface area is 218 Å². The summed E-state index contributed by atoms with van der Waals surface area (Å²) in [4.78, 5) is 13.1. The van der Waals surface area contributed by atoms with Crippen LogP contribution in [0.5, 0.6) is 0 Å². The SMILES string of the molecule is Cc1[nH]c2c(c1C)C(=N)/C(=N/c1c(NCCN(C)C)nn3ccccc13)C=C2OCCN1CCCCC1. The average Bonchev–Trinajstić information content (AvgIpc) is 3.39. The first-order chi connectivity index (χ1) is 17.9. The molecule has 1 aliphatic heterocycles. The molecule has 9 heteroatoms. The summed E-state index contributed by atoms with van der Waals surface area (Å²) >= 11 is 0. The zero-order valence-electron chi connectivity index (χ0n) is 22.4. The molecular weight excluding hydrogens is 464 g/mol. The number of hydrogen-bond acceptors (Lipinski definition) is 7. The minimum absolute atomic E-state index is 0.398. The molecule has 0 spiro atoms. The van der Waals surface area contributed by atoms with E-state index in [0.29, 0.717) is 23.8 Å². The molecule has 3 aromatic rings. The molecule has 3 aromatic heterocycles. The Balaban J connectivity index is 1.49. The summed E-state index contributed by atoms with van der Waals surface area (Å²) < 4.78 is 8.19. The number of hydrogen-bond donors (Lipinski definition) is 3. The van der Waals surface area contributed by atoms with Crippen LogP contribution in [0.2, 0.25) is 0 Å². The number of piperidine rings is 1. The van der Waals surface area contributed by atoms with E-state index in [0.717, 1.165) is 72.2 Å². The molecule has 2 aliphatic rings. The number of likely N-dealkylation sites (tertiary alicyclic amines) is 1. The summed E-state index contributed by atoms with van der Waals surface area (Å²) in [5.74, 6) is 1.46. The minimum Gasteiger partial charge on any atom is -0.490 e. The molecule has 3 N–H and O–H groups in total. The van der Waals surface area contributed by atoms with Gasteiger partial charge in [0.25, 0.3) is 0 Å². The maximum atomic E-state index is 9.07. The fourth-order valence-electron chi connectivity index (χ4n) is 5.02. The van der Waals surface area contributed by atoms with Crippen molar-refractivity contribution in [1.29, 1.82) is 5.41 Å². The smallest absolute Gasteiger partial charge is 0.175 e. The van der Waals surface area contributed by atoms with Gasteiger partial charge in [-0.2, -0.15) is 0 Å². The van der Waals surface area contributed by atoms with E-state index < -0.39 is 0 Å². The monoisotopic (exact) mass is 502 g/mol. The number of anilines is 1. The summed E-state index contributed by atoms with van der Waals surface area (Å²) in [6.45, 7) is 9.51. The maximum absolute atomic E-state index is 9.07. The molecule has 4 heterocycles. The number of H-pyrrole nitrogens is 1. The lowest BCUT2D eigenvalue weighted by Gasteiger charge is -2.26. The van der Waals surface area contributed by atoms with Gasteiger partial charge in [0.1, 0.15) is 18.1 Å². The highest BCUT2D eigenvalue weighted by atomic mass is 16.5. The second-order valence-corrected chi connectivity index (χ2v) is 10.2. The lowest BCUT2D eigenvalue weighted by molar-refractivity contribution is 0.169. The second kappa shape index (κ2) is 10.9. The van der Waals surface area contributed by atoms with Gasteiger partial charge in [0.05, 0.1) is 22.6 Å². The predicted molar refractivity (Wildman–Crippen MR) is 151 cm³/mol. The van der Waals surface area contributed by atoms with Crippen molar-refractivity contribution in [3.63, 3.8) is 0 Å². The van der Waals surface area contributed by atoms with E-state index in [1.807, 2.05) is 56.0 Å². The highest BCUT2D eigenvalue weighted by molar-refractivity contribution is 6.54. The van der Waals surface area contributed by atoms with Crippen LogP contribution in [0, 0.1) is 19.3 Å². The van der Waals surface area contributed by atoms with Crippen LogP contribution in [0.25, 0.3) is 11.3 Å². The molecule has 37 heavy (non-hydrogen) atoms. The first kappa shape index (κ1) is 25.2. The quantitative estimate of drug-likeness (QED) is 0.406. The third-order valence-corrected chi connectivity index (χ3v) is 7.23. The van der Waals surface area contributed by atoms with E-state index in [1.165, 1.54) is 19.3 Å². The van der Waals surface area contributed by atoms with Gasteiger partial charge >= 0.3 is 0 Å². The molecule has 0 atom stereocenters. The molecule has 196 valence electrons. The summed E-state index contributed by atoms with van der Waals surface area (Å²) in [5, 5.41) is 17.2. The number of aromatic amines is 1. The lowest BCUT2D eigenvalue weighted by Crippen LogP contribution is -2.32. The Kier molecular flexibility index (Phi) is 7.43. The largest absolute Gasteiger partial charge is 0.490 e. The van der Waals surface area contributed by atoms with Crippen molar-refractivity contribution in [2.24, 2.45) is 4.99 Å². The summed E-state index contributed by atoms with van der Waals surface area (Å²) in [6, 6.07) is 5.95. The number of aryl methyl sites for hydroxylation is 1. The number of allylic oxidation sites excluding steroid dienone is 1. The van der Waals surface area contributed by atoms with Crippen LogP contribution in [-0.2, 0) is 4.74 Å². The van der Waals surface area contributed by atoms with Crippen LogP contribution in [0.1, 0.15) is 41.8 Å². The number of fused-ring (bicyclic) bond motifs is 2. The number of nitrogens with zero attached hydrogens (tertiary/aromatic N) is 5. The standard InChI is InChI=1S/C28H38N8O/c1-19-20(2)31-27-23(37-17-16-35-12-7-5-8-13-35)18-21(25(29)24(19)27)32-26-22-10-6-9-14-36(22)33-28(26)30-11-15-34(3)4/h6,9-10,14,18,29,31H,5,7-8,11-13,15-17H2,1-4H3,(H,30,33)/b29-25?,32-21+. The molecule has 5 rings (SSSR count). The third kappa shape index (κ3) is 5.33. The fraction of sp³-hybridized carbons (Fsp3) is 0.464. The van der Waals surface area contributed by atoms with E-state index in [1.54, 1.807) is 0 Å². The van der Waals surface area contributed by atoms with Crippen molar-refractivity contribution in [2.45, 2.75) is 33.1 Å². The molecular formula is C28H38N8O. The number of nitrogens with one attached hydrogen (secondary N) is 3. The van der Waals surface area contributed by atoms with Crippen LogP contribution < -0.4 is 5.32 Å². The van der Waals surface area contributed by atoms with Crippen molar-refractivity contribution in [2.75, 3.05) is 58.7 Å². The number of aromatic nitrogens is 3. The second-order valence-electron chi connectivity index (χ2n) is 10.2. The van der Waals surface area contributed by atoms with Gasteiger partial charge in [0, 0.05) is 43.2 Å². The Hall–Kier alpha value is -3.43. The van der Waals surface area contributed by atoms with Gasteiger partial charge in [-0.1, -0.05) is 12.5 Å². The molecule has 0 unspecified atom stereocenters. The van der Waals surface area contributed by atoms with Gasteiger partial charge in [-0.05, 0) is 71.6 Å². The van der Waals surface area contributed by atoms with Crippen molar-refractivity contribution in [1.82, 2.24) is 24.4 Å². The Morgan fingerprint density at radius 2 is 2.00 bits per heavy atom. The van der Waals surface area contributed by atoms with E-state index in [4.69, 9.17) is 20.2 Å². The van der Waals surface area contributed by atoms with E-state index >= 15 is 0 Å². The number of ether oxygens (including phenoxy) is 1. The van der Waals surface area contributed by atoms with Crippen LogP contribution in [0.15, 0.2) is 35.5 Å². The summed E-state index contributed by atoms with van der Waals surface area (Å²) in [6.07, 6.45) is 7.68. The van der Waals surface area contributed by atoms with Crippen LogP contribution in [0.4, 0.5) is 11.5 Å². The highest BCUT2D eigenvalue weighted by Gasteiger charge is 2.28. The van der Waals surface area contributed by atoms with Gasteiger partial charge in [0.15, 0.2) is 5.82 Å². The molecule has 0 aromatic carbocycles. The Bertz CT molecular complexity index is 1340. The molecule has 0 bridgehead atoms. The van der Waals surface area contributed by atoms with Crippen molar-refractivity contribution in [3.8, 4) is 0 Å². The molecule has 0 amide bonds. The van der Waals surface area contributed by atoms with Gasteiger partial charge in [-0.15, -0.1) is 5.10 Å². The van der Waals surface area contributed by atoms with E-state index in [9.17, 15) is 0 Å². The van der Waals surface area contributed by atoms with E-state index in [2.05, 4.69) is 27.0 Å². The highest BCUT2D eigenvalue weighted by Crippen LogP contribution is 2.34. The number of aliphatic imine (C=N–C) groups is 1. The normalized spacial score (nSPS) is 17.5. The number of rotatable bonds is 9. The average molecular weight is 503 g/mol. The fourth-order valence-corrected chi connectivity index (χ4v) is 5.02. The van der Waals surface area contributed by atoms with Crippen molar-refractivity contribution >= 4 is 34.2 Å². The van der Waals surface area contributed by atoms with Crippen molar-refractivity contribution < 1.29 is 4.74 Å². The van der Waals surface area contributed by atoms with Gasteiger partial charge in [-0.3, -0.25) is 10.3 Å². The van der Waals surface area contributed by atoms with Gasteiger partial charge in [0.2, 0.25) is 0 Å². The summed E-state index contributed by atoms with van der Waals surface area (Å²) in [7, 11) is 4.10. The predicted octanol–water partition coefficient (Wildman–Crippen LogP) is 4.25. The zero-order chi connectivity index (χ0) is 25.9. The topological polar surface area (TPSA) is 97.0 Å². The zero-order valence-corrected chi connectivity index (χ0v) is 22.4. The third-order valence-electron chi connectivity index (χ3n) is 7.23. The van der Waals surface area contributed by atoms with Crippen LogP contribution in [0.3, 0.4) is 0 Å². The molecule has 1 saturated heterocycles. The van der Waals surface area contributed by atoms with Gasteiger partial charge < -0.3 is 19.9 Å². The van der Waals surface area contributed by atoms with E-state index in [-0.39, 0.29) is 0 Å². The molecule has 9 nitrogen and oxygen atoms in total. The Morgan fingerprint density at radius 3 is 2.78 bits per heavy atom. The number of pyridine rings is 1. The minimum atomic E-state index is 0.398. The number of likely N-dealkylation sites (N-methyl/N-ethyl adjacent to an activating group) is 1. The Morgan fingerprint density at radius 1 is 1.19 bits per heavy atom. The summed E-state index contributed by atoms with van der Waals surface area (Å²) in [5.41, 5.74) is 6.45. The first-order valence-electron chi connectivity index (χ1n) is 13.2. The molecule has 0 radical (unpaired) electrons.